The second-order valence-electron chi connectivity index (χ2n) is 6.69. The molecular weight excluding hydrogens is 280 g/mol. The smallest absolute Gasteiger partial charge is 0.253 e. The summed E-state index contributed by atoms with van der Waals surface area (Å²) >= 11 is 1.24. The minimum atomic E-state index is 0.336. The quantitative estimate of drug-likeness (QED) is 0.710. The first-order chi connectivity index (χ1) is 10.0. The van der Waals surface area contributed by atoms with Crippen LogP contribution < -0.4 is 4.74 Å². The van der Waals surface area contributed by atoms with E-state index in [0.717, 1.165) is 31.6 Å². The minimum Gasteiger partial charge on any atom is -0.476 e. The molecule has 0 bridgehead atoms. The first-order valence-electron chi connectivity index (χ1n) is 7.85. The van der Waals surface area contributed by atoms with Crippen molar-refractivity contribution in [2.75, 3.05) is 26.7 Å². The van der Waals surface area contributed by atoms with E-state index in [9.17, 15) is 0 Å². The number of nitrogens with zero attached hydrogens (tertiary/aromatic N) is 3. The zero-order chi connectivity index (χ0) is 15.3. The highest BCUT2D eigenvalue weighted by atomic mass is 32.1. The van der Waals surface area contributed by atoms with Crippen molar-refractivity contribution in [3.8, 4) is 5.88 Å². The normalized spacial score (nSPS) is 16.8. The third-order valence-electron chi connectivity index (χ3n) is 4.05. The van der Waals surface area contributed by atoms with Crippen LogP contribution in [0.3, 0.4) is 0 Å². The lowest BCUT2D eigenvalue weighted by atomic mass is 9.51. The maximum absolute atomic E-state index is 5.93. The molecule has 0 atom stereocenters. The van der Waals surface area contributed by atoms with E-state index in [1.807, 2.05) is 0 Å². The molecule has 0 aromatic carbocycles. The number of aromatic nitrogens is 2. The summed E-state index contributed by atoms with van der Waals surface area (Å²) < 4.78 is 14.7. The van der Waals surface area contributed by atoms with E-state index in [1.54, 1.807) is 0 Å². The van der Waals surface area contributed by atoms with E-state index < -0.39 is 0 Å². The molecule has 0 saturated carbocycles. The van der Waals surface area contributed by atoms with Crippen LogP contribution in [0.15, 0.2) is 6.08 Å². The van der Waals surface area contributed by atoms with Crippen molar-refractivity contribution >= 4 is 33.0 Å². The number of hydrogen-bond donors (Lipinski definition) is 0. The average Bonchev–Trinajstić information content (AvgIpc) is 2.87. The molecule has 0 radical (unpaired) electrons. The molecule has 21 heavy (non-hydrogen) atoms. The summed E-state index contributed by atoms with van der Waals surface area (Å²) in [6.45, 7) is 5.00. The molecule has 0 fully saturated rings. The standard InChI is InChI=1S/C14H25B2N3OS/c1-3-6-14(15,16)7-9-20-13-12(17-21-18-13)11-5-4-8-19(2)10-11/h5H,3-4,6-10,15-16H2,1-2H3. The predicted octanol–water partition coefficient (Wildman–Crippen LogP) is 1.21. The van der Waals surface area contributed by atoms with Gasteiger partial charge in [-0.05, 0) is 25.5 Å². The molecule has 2 rings (SSSR count). The highest BCUT2D eigenvalue weighted by Gasteiger charge is 2.20. The van der Waals surface area contributed by atoms with Gasteiger partial charge in [0.2, 0.25) is 0 Å². The van der Waals surface area contributed by atoms with Crippen molar-refractivity contribution in [2.45, 2.75) is 37.8 Å². The molecule has 1 aromatic heterocycles. The van der Waals surface area contributed by atoms with Gasteiger partial charge < -0.3 is 9.64 Å². The summed E-state index contributed by atoms with van der Waals surface area (Å²) in [6.07, 6.45) is 6.85. The Morgan fingerprint density at radius 2 is 2.19 bits per heavy atom. The highest BCUT2D eigenvalue weighted by molar-refractivity contribution is 6.99. The van der Waals surface area contributed by atoms with Crippen molar-refractivity contribution in [1.29, 1.82) is 0 Å². The summed E-state index contributed by atoms with van der Waals surface area (Å²) in [7, 11) is 6.75. The van der Waals surface area contributed by atoms with Crippen molar-refractivity contribution in [3.05, 3.63) is 11.8 Å². The lowest BCUT2D eigenvalue weighted by Gasteiger charge is -2.24. The summed E-state index contributed by atoms with van der Waals surface area (Å²) in [5.74, 6) is 0.717. The van der Waals surface area contributed by atoms with E-state index in [2.05, 4.69) is 49.4 Å². The largest absolute Gasteiger partial charge is 0.476 e. The predicted molar refractivity (Wildman–Crippen MR) is 94.8 cm³/mol. The fourth-order valence-electron chi connectivity index (χ4n) is 2.76. The van der Waals surface area contributed by atoms with Crippen LogP contribution in [0.25, 0.3) is 5.57 Å². The molecule has 7 heteroatoms. The van der Waals surface area contributed by atoms with Gasteiger partial charge in [-0.3, -0.25) is 0 Å². The molecular formula is C14H25B2N3OS. The molecule has 0 aliphatic carbocycles. The molecule has 2 heterocycles. The maximum Gasteiger partial charge on any atom is 0.253 e. The van der Waals surface area contributed by atoms with Gasteiger partial charge in [-0.1, -0.05) is 31.1 Å². The van der Waals surface area contributed by atoms with Crippen LogP contribution in [0.5, 0.6) is 5.88 Å². The average molecular weight is 305 g/mol. The fraction of sp³-hybridized carbons (Fsp3) is 0.714. The number of ether oxygens (including phenoxy) is 1. The second kappa shape index (κ2) is 7.45. The van der Waals surface area contributed by atoms with Crippen LogP contribution in [0.2, 0.25) is 5.21 Å². The van der Waals surface area contributed by atoms with Gasteiger partial charge in [-0.15, -0.1) is 4.37 Å². The topological polar surface area (TPSA) is 38.3 Å². The molecule has 0 N–H and O–H groups in total. The van der Waals surface area contributed by atoms with Crippen molar-refractivity contribution < 1.29 is 4.74 Å². The highest BCUT2D eigenvalue weighted by Crippen LogP contribution is 2.30. The number of likely N-dealkylation sites (N-methyl/N-ethyl adjacent to an activating group) is 1. The van der Waals surface area contributed by atoms with Gasteiger partial charge in [0, 0.05) is 13.1 Å². The van der Waals surface area contributed by atoms with E-state index >= 15 is 0 Å². The fourth-order valence-corrected chi connectivity index (χ4v) is 3.29. The van der Waals surface area contributed by atoms with Gasteiger partial charge in [0.25, 0.3) is 5.88 Å². The van der Waals surface area contributed by atoms with E-state index in [4.69, 9.17) is 4.74 Å². The van der Waals surface area contributed by atoms with Crippen LogP contribution in [-0.2, 0) is 0 Å². The molecule has 4 nitrogen and oxygen atoms in total. The van der Waals surface area contributed by atoms with Crippen molar-refractivity contribution in [3.63, 3.8) is 0 Å². The minimum absolute atomic E-state index is 0.336. The molecule has 114 valence electrons. The first kappa shape index (κ1) is 16.6. The SMILES string of the molecule is BC(B)(CCC)CCOc1nsnc1C1=CCCN(C)C1. The van der Waals surface area contributed by atoms with Crippen LogP contribution in [-0.4, -0.2) is 56.1 Å². The molecule has 0 saturated heterocycles. The summed E-state index contributed by atoms with van der Waals surface area (Å²) in [5.41, 5.74) is 2.19. The van der Waals surface area contributed by atoms with Crippen molar-refractivity contribution in [2.24, 2.45) is 0 Å². The Labute approximate surface area is 134 Å². The lowest BCUT2D eigenvalue weighted by molar-refractivity contribution is 0.289. The Morgan fingerprint density at radius 3 is 2.90 bits per heavy atom. The molecule has 0 unspecified atom stereocenters. The summed E-state index contributed by atoms with van der Waals surface area (Å²) in [4.78, 5) is 2.31. The Balaban J connectivity index is 1.93. The van der Waals surface area contributed by atoms with Crippen LogP contribution in [0, 0.1) is 0 Å². The Bertz CT molecular complexity index is 490. The van der Waals surface area contributed by atoms with Gasteiger partial charge in [0.15, 0.2) is 0 Å². The summed E-state index contributed by atoms with van der Waals surface area (Å²) in [6, 6.07) is 0. The van der Waals surface area contributed by atoms with Gasteiger partial charge in [0.1, 0.15) is 5.69 Å². The van der Waals surface area contributed by atoms with Gasteiger partial charge in [-0.25, -0.2) is 0 Å². The van der Waals surface area contributed by atoms with Gasteiger partial charge in [0.05, 0.1) is 34.0 Å². The summed E-state index contributed by atoms with van der Waals surface area (Å²) in [5, 5.41) is 0.336. The van der Waals surface area contributed by atoms with Crippen LogP contribution >= 0.6 is 11.7 Å². The first-order valence-corrected chi connectivity index (χ1v) is 8.58. The van der Waals surface area contributed by atoms with E-state index in [1.165, 1.54) is 30.1 Å². The van der Waals surface area contributed by atoms with Crippen LogP contribution in [0.1, 0.15) is 38.3 Å². The van der Waals surface area contributed by atoms with Crippen LogP contribution in [0.4, 0.5) is 0 Å². The van der Waals surface area contributed by atoms with Crippen molar-refractivity contribution in [1.82, 2.24) is 13.6 Å². The van der Waals surface area contributed by atoms with Gasteiger partial charge >= 0.3 is 0 Å². The lowest BCUT2D eigenvalue weighted by Crippen LogP contribution is -2.25. The second-order valence-corrected chi connectivity index (χ2v) is 7.21. The zero-order valence-electron chi connectivity index (χ0n) is 13.7. The molecule has 1 aliphatic heterocycles. The molecule has 1 aromatic rings. The Morgan fingerprint density at radius 1 is 1.38 bits per heavy atom. The monoisotopic (exact) mass is 305 g/mol. The zero-order valence-corrected chi connectivity index (χ0v) is 14.5. The third kappa shape index (κ3) is 4.85. The maximum atomic E-state index is 5.93. The van der Waals surface area contributed by atoms with Gasteiger partial charge in [-0.2, -0.15) is 4.37 Å². The van der Waals surface area contributed by atoms with E-state index in [-0.39, 0.29) is 0 Å². The number of rotatable bonds is 7. The molecule has 1 aliphatic rings. The molecule has 0 spiro atoms. The third-order valence-corrected chi connectivity index (χ3v) is 4.56. The number of hydrogen-bond acceptors (Lipinski definition) is 5. The Hall–Kier alpha value is -0.810. The Kier molecular flexibility index (Phi) is 5.88. The van der Waals surface area contributed by atoms with E-state index in [0.29, 0.717) is 17.7 Å². The molecule has 0 amide bonds.